The van der Waals surface area contributed by atoms with Gasteiger partial charge in [-0.3, -0.25) is 4.79 Å². The molecule has 1 fully saturated rings. The van der Waals surface area contributed by atoms with E-state index in [1.54, 1.807) is 19.2 Å². The van der Waals surface area contributed by atoms with Gasteiger partial charge in [-0.15, -0.1) is 0 Å². The van der Waals surface area contributed by atoms with E-state index < -0.39 is 0 Å². The number of hydrogen-bond acceptors (Lipinski definition) is 2. The molecule has 0 saturated carbocycles. The summed E-state index contributed by atoms with van der Waals surface area (Å²) in [6.45, 7) is 0.852. The van der Waals surface area contributed by atoms with Crippen molar-refractivity contribution in [3.05, 3.63) is 28.5 Å². The number of piperidine rings is 1. The number of halogens is 2. The lowest BCUT2D eigenvalue weighted by Crippen LogP contribution is -2.47. The summed E-state index contributed by atoms with van der Waals surface area (Å²) in [5.41, 5.74) is 0.307. The highest BCUT2D eigenvalue weighted by Gasteiger charge is 2.25. The minimum absolute atomic E-state index is 0.0771. The Morgan fingerprint density at radius 2 is 2.28 bits per heavy atom. The van der Waals surface area contributed by atoms with E-state index in [4.69, 9.17) is 0 Å². The average Bonchev–Trinajstić information content (AvgIpc) is 2.41. The molecule has 1 heterocycles. The topological polar surface area (TPSA) is 32.3 Å². The first kappa shape index (κ1) is 13.5. The monoisotopic (exact) mass is 314 g/mol. The highest BCUT2D eigenvalue weighted by molar-refractivity contribution is 9.10. The highest BCUT2D eigenvalue weighted by Crippen LogP contribution is 2.24. The largest absolute Gasteiger partial charge is 0.311 e. The minimum atomic E-state index is -0.384. The lowest BCUT2D eigenvalue weighted by atomic mass is 10.0. The molecule has 0 spiro atoms. The Morgan fingerprint density at radius 3 is 2.94 bits per heavy atom. The van der Waals surface area contributed by atoms with Gasteiger partial charge in [-0.05, 0) is 37.6 Å². The van der Waals surface area contributed by atoms with Gasteiger partial charge in [0.25, 0.3) is 0 Å². The first-order valence-corrected chi connectivity index (χ1v) is 6.85. The number of carbonyl (C=O) groups is 1. The molecule has 2 rings (SSSR count). The summed E-state index contributed by atoms with van der Waals surface area (Å²) in [6, 6.07) is 4.41. The first-order chi connectivity index (χ1) is 8.59. The van der Waals surface area contributed by atoms with E-state index in [9.17, 15) is 9.18 Å². The number of anilines is 1. The molecule has 98 valence electrons. The molecule has 1 aliphatic rings. The standard InChI is InChI=1S/C13H16BrFN2O/c1-17(12-8-9(14)5-6-10(12)15)13(18)11-4-2-3-7-16-11/h5-6,8,11,16H,2-4,7H2,1H3. The Hall–Kier alpha value is -0.940. The number of carbonyl (C=O) groups excluding carboxylic acids is 1. The Labute approximate surface area is 114 Å². The van der Waals surface area contributed by atoms with Crippen molar-refractivity contribution in [3.63, 3.8) is 0 Å². The summed E-state index contributed by atoms with van der Waals surface area (Å²) in [7, 11) is 1.61. The van der Waals surface area contributed by atoms with Crippen molar-refractivity contribution in [2.24, 2.45) is 0 Å². The van der Waals surface area contributed by atoms with Crippen LogP contribution in [0, 0.1) is 5.82 Å². The number of hydrogen-bond donors (Lipinski definition) is 1. The second kappa shape index (κ2) is 5.80. The van der Waals surface area contributed by atoms with Gasteiger partial charge in [-0.1, -0.05) is 22.4 Å². The van der Waals surface area contributed by atoms with Crippen molar-refractivity contribution >= 4 is 27.5 Å². The minimum Gasteiger partial charge on any atom is -0.311 e. The summed E-state index contributed by atoms with van der Waals surface area (Å²) < 4.78 is 14.5. The van der Waals surface area contributed by atoms with Gasteiger partial charge in [0.15, 0.2) is 0 Å². The maximum Gasteiger partial charge on any atom is 0.243 e. The molecule has 1 atom stereocenters. The van der Waals surface area contributed by atoms with E-state index in [1.165, 1.54) is 11.0 Å². The van der Waals surface area contributed by atoms with Crippen LogP contribution in [0.1, 0.15) is 19.3 Å². The van der Waals surface area contributed by atoms with Gasteiger partial charge >= 0.3 is 0 Å². The van der Waals surface area contributed by atoms with Crippen molar-refractivity contribution in [1.82, 2.24) is 5.32 Å². The van der Waals surface area contributed by atoms with Gasteiger partial charge in [-0.2, -0.15) is 0 Å². The third-order valence-corrected chi connectivity index (χ3v) is 3.70. The van der Waals surface area contributed by atoms with Crippen LogP contribution in [-0.4, -0.2) is 25.5 Å². The Kier molecular flexibility index (Phi) is 4.35. The molecule has 5 heteroatoms. The summed E-state index contributed by atoms with van der Waals surface area (Å²) in [6.07, 6.45) is 2.95. The quantitative estimate of drug-likeness (QED) is 0.910. The summed E-state index contributed by atoms with van der Waals surface area (Å²) >= 11 is 3.29. The maximum atomic E-state index is 13.7. The van der Waals surface area contributed by atoms with E-state index in [1.807, 2.05) is 0 Å². The fraction of sp³-hybridized carbons (Fsp3) is 0.462. The Morgan fingerprint density at radius 1 is 1.50 bits per heavy atom. The smallest absolute Gasteiger partial charge is 0.243 e. The predicted molar refractivity (Wildman–Crippen MR) is 73.2 cm³/mol. The van der Waals surface area contributed by atoms with Gasteiger partial charge in [0, 0.05) is 11.5 Å². The zero-order chi connectivity index (χ0) is 13.1. The van der Waals surface area contributed by atoms with Crippen molar-refractivity contribution in [3.8, 4) is 0 Å². The van der Waals surface area contributed by atoms with Gasteiger partial charge < -0.3 is 10.2 Å². The van der Waals surface area contributed by atoms with Gasteiger partial charge in [-0.25, -0.2) is 4.39 Å². The van der Waals surface area contributed by atoms with Crippen LogP contribution >= 0.6 is 15.9 Å². The van der Waals surface area contributed by atoms with Crippen molar-refractivity contribution in [2.45, 2.75) is 25.3 Å². The van der Waals surface area contributed by atoms with Crippen LogP contribution in [0.15, 0.2) is 22.7 Å². The van der Waals surface area contributed by atoms with E-state index in [0.717, 1.165) is 30.3 Å². The van der Waals surface area contributed by atoms with E-state index in [2.05, 4.69) is 21.2 Å². The number of amides is 1. The van der Waals surface area contributed by atoms with Crippen LogP contribution in [-0.2, 0) is 4.79 Å². The molecule has 0 aliphatic carbocycles. The van der Waals surface area contributed by atoms with Crippen LogP contribution in [0.3, 0.4) is 0 Å². The van der Waals surface area contributed by atoms with Crippen LogP contribution in [0.25, 0.3) is 0 Å². The normalized spacial score (nSPS) is 19.6. The zero-order valence-electron chi connectivity index (χ0n) is 10.2. The molecular weight excluding hydrogens is 299 g/mol. The number of rotatable bonds is 2. The molecule has 1 N–H and O–H groups in total. The second-order valence-electron chi connectivity index (χ2n) is 4.50. The maximum absolute atomic E-state index is 13.7. The van der Waals surface area contributed by atoms with Crippen molar-refractivity contribution in [2.75, 3.05) is 18.5 Å². The highest BCUT2D eigenvalue weighted by atomic mass is 79.9. The fourth-order valence-corrected chi connectivity index (χ4v) is 2.51. The van der Waals surface area contributed by atoms with Gasteiger partial charge in [0.05, 0.1) is 11.7 Å². The zero-order valence-corrected chi connectivity index (χ0v) is 11.8. The summed E-state index contributed by atoms with van der Waals surface area (Å²) in [5, 5.41) is 3.18. The van der Waals surface area contributed by atoms with Crippen LogP contribution in [0.4, 0.5) is 10.1 Å². The lowest BCUT2D eigenvalue weighted by molar-refractivity contribution is -0.120. The van der Waals surface area contributed by atoms with Gasteiger partial charge in [0.2, 0.25) is 5.91 Å². The SMILES string of the molecule is CN(C(=O)C1CCCCN1)c1cc(Br)ccc1F. The number of nitrogens with one attached hydrogen (secondary N) is 1. The van der Waals surface area contributed by atoms with Crippen molar-refractivity contribution < 1.29 is 9.18 Å². The molecule has 0 aromatic heterocycles. The molecule has 18 heavy (non-hydrogen) atoms. The number of benzene rings is 1. The average molecular weight is 315 g/mol. The molecule has 1 aromatic rings. The Balaban J connectivity index is 2.16. The third kappa shape index (κ3) is 2.90. The number of nitrogens with zero attached hydrogens (tertiary/aromatic N) is 1. The predicted octanol–water partition coefficient (Wildman–Crippen LogP) is 2.69. The molecule has 1 aromatic carbocycles. The molecular formula is C13H16BrFN2O. The van der Waals surface area contributed by atoms with Crippen LogP contribution in [0.5, 0.6) is 0 Å². The lowest BCUT2D eigenvalue weighted by Gasteiger charge is -2.27. The Bertz CT molecular complexity index is 447. The molecule has 1 unspecified atom stereocenters. The first-order valence-electron chi connectivity index (χ1n) is 6.05. The molecule has 0 bridgehead atoms. The fourth-order valence-electron chi connectivity index (χ4n) is 2.16. The van der Waals surface area contributed by atoms with Crippen LogP contribution in [0.2, 0.25) is 0 Å². The second-order valence-corrected chi connectivity index (χ2v) is 5.41. The summed E-state index contributed by atoms with van der Waals surface area (Å²) in [4.78, 5) is 13.6. The van der Waals surface area contributed by atoms with E-state index in [0.29, 0.717) is 5.69 Å². The van der Waals surface area contributed by atoms with E-state index >= 15 is 0 Å². The third-order valence-electron chi connectivity index (χ3n) is 3.21. The van der Waals surface area contributed by atoms with Crippen molar-refractivity contribution in [1.29, 1.82) is 0 Å². The van der Waals surface area contributed by atoms with Crippen LogP contribution < -0.4 is 10.2 Å². The molecule has 3 nitrogen and oxygen atoms in total. The molecule has 1 aliphatic heterocycles. The summed E-state index contributed by atoms with van der Waals surface area (Å²) in [5.74, 6) is -0.462. The molecule has 1 saturated heterocycles. The molecule has 0 radical (unpaired) electrons. The van der Waals surface area contributed by atoms with E-state index in [-0.39, 0.29) is 17.8 Å². The van der Waals surface area contributed by atoms with Gasteiger partial charge in [0.1, 0.15) is 5.82 Å². The number of likely N-dealkylation sites (N-methyl/N-ethyl adjacent to an activating group) is 1. The molecule has 1 amide bonds.